The number of quaternary nitrogens is 1. The fourth-order valence-electron chi connectivity index (χ4n) is 2.93. The molecule has 9 heteroatoms. The van der Waals surface area contributed by atoms with Gasteiger partial charge in [0.2, 0.25) is 0 Å². The van der Waals surface area contributed by atoms with Crippen LogP contribution in [-0.2, 0) is 18.3 Å². The topological polar surface area (TPSA) is 94.1 Å². The summed E-state index contributed by atoms with van der Waals surface area (Å²) in [5, 5.41) is 2.68. The number of phosphoric ester groups is 1. The van der Waals surface area contributed by atoms with Crippen molar-refractivity contribution in [3.8, 4) is 0 Å². The van der Waals surface area contributed by atoms with Crippen molar-refractivity contribution in [2.24, 2.45) is 0 Å². The molecule has 0 saturated carbocycles. The average Bonchev–Trinajstić information content (AvgIpc) is 2.75. The van der Waals surface area contributed by atoms with Crippen LogP contribution in [-0.4, -0.2) is 69.5 Å². The van der Waals surface area contributed by atoms with Crippen molar-refractivity contribution in [2.75, 3.05) is 54.1 Å². The molecule has 0 aromatic rings. The molecule has 0 spiro atoms. The molecule has 0 fully saturated rings. The SMILES string of the molecule is CCCCC/C=C\C/C=C\CCCCCCCNC(=O)OCCOP(=O)(O)OCC[N+](C)(C)C. The van der Waals surface area contributed by atoms with Gasteiger partial charge >= 0.3 is 13.9 Å². The van der Waals surface area contributed by atoms with Gasteiger partial charge in [0, 0.05) is 6.54 Å². The van der Waals surface area contributed by atoms with E-state index in [4.69, 9.17) is 13.8 Å². The van der Waals surface area contributed by atoms with Gasteiger partial charge in [0.15, 0.2) is 0 Å². The van der Waals surface area contributed by atoms with Crippen LogP contribution in [0.2, 0.25) is 0 Å². The molecular weight excluding hydrogens is 455 g/mol. The summed E-state index contributed by atoms with van der Waals surface area (Å²) in [6, 6.07) is 0. The van der Waals surface area contributed by atoms with E-state index in [2.05, 4.69) is 36.5 Å². The monoisotopic (exact) mass is 505 g/mol. The standard InChI is InChI=1S/C25H49N2O6P/c1-5-6-7-8-9-10-11-12-13-14-15-16-17-18-19-20-26-25(28)31-23-24-33-34(29,30)32-22-21-27(2,3)4/h9-10,12-13H,5-8,11,14-24H2,1-4H3,(H-,26,28,29,30)/p+1/b10-9-,13-12-. The Hall–Kier alpha value is -1.18. The van der Waals surface area contributed by atoms with Crippen molar-refractivity contribution in [1.29, 1.82) is 0 Å². The number of hydrogen-bond donors (Lipinski definition) is 2. The van der Waals surface area contributed by atoms with Gasteiger partial charge in [-0.25, -0.2) is 9.36 Å². The Morgan fingerprint density at radius 3 is 2.09 bits per heavy atom. The third-order valence-electron chi connectivity index (χ3n) is 4.98. The number of unbranched alkanes of at least 4 members (excludes halogenated alkanes) is 8. The van der Waals surface area contributed by atoms with Crippen molar-refractivity contribution in [1.82, 2.24) is 5.32 Å². The largest absolute Gasteiger partial charge is 0.472 e. The smallest absolute Gasteiger partial charge is 0.447 e. The van der Waals surface area contributed by atoms with E-state index in [0.29, 0.717) is 17.6 Å². The van der Waals surface area contributed by atoms with Crippen LogP contribution in [0.4, 0.5) is 4.79 Å². The van der Waals surface area contributed by atoms with Crippen molar-refractivity contribution in [3.05, 3.63) is 24.3 Å². The maximum absolute atomic E-state index is 11.7. The van der Waals surface area contributed by atoms with Crippen molar-refractivity contribution in [2.45, 2.75) is 77.6 Å². The van der Waals surface area contributed by atoms with Crippen LogP contribution in [0, 0.1) is 0 Å². The number of amides is 1. The van der Waals surface area contributed by atoms with Crippen molar-refractivity contribution >= 4 is 13.9 Å². The van der Waals surface area contributed by atoms with E-state index in [1.165, 1.54) is 38.5 Å². The van der Waals surface area contributed by atoms with Crippen LogP contribution in [0.15, 0.2) is 24.3 Å². The normalized spacial score (nSPS) is 14.0. The van der Waals surface area contributed by atoms with E-state index in [1.807, 2.05) is 21.1 Å². The number of ether oxygens (including phenoxy) is 1. The molecule has 0 aliphatic carbocycles. The van der Waals surface area contributed by atoms with Gasteiger partial charge in [0.25, 0.3) is 0 Å². The van der Waals surface area contributed by atoms with Crippen LogP contribution >= 0.6 is 7.82 Å². The minimum absolute atomic E-state index is 0.103. The molecule has 1 unspecified atom stereocenters. The number of nitrogens with one attached hydrogen (secondary N) is 1. The van der Waals surface area contributed by atoms with Gasteiger partial charge in [0.1, 0.15) is 19.8 Å². The number of likely N-dealkylation sites (N-methyl/N-ethyl adjacent to an activating group) is 1. The zero-order chi connectivity index (χ0) is 25.5. The van der Waals surface area contributed by atoms with Crippen LogP contribution in [0.3, 0.4) is 0 Å². The second kappa shape index (κ2) is 21.1. The minimum Gasteiger partial charge on any atom is -0.447 e. The number of alkyl carbamates (subject to hydrolysis) is 1. The quantitative estimate of drug-likeness (QED) is 0.0814. The van der Waals surface area contributed by atoms with Crippen molar-refractivity contribution in [3.63, 3.8) is 0 Å². The summed E-state index contributed by atoms with van der Waals surface area (Å²) in [4.78, 5) is 21.2. The highest BCUT2D eigenvalue weighted by atomic mass is 31.2. The van der Waals surface area contributed by atoms with Gasteiger partial charge in [-0.2, -0.15) is 0 Å². The summed E-state index contributed by atoms with van der Waals surface area (Å²) in [5.74, 6) is 0. The highest BCUT2D eigenvalue weighted by Gasteiger charge is 2.22. The maximum atomic E-state index is 11.7. The number of phosphoric acid groups is 1. The van der Waals surface area contributed by atoms with E-state index >= 15 is 0 Å². The molecule has 0 saturated heterocycles. The number of carbonyl (C=O) groups excluding carboxylic acids is 1. The Kier molecular flexibility index (Phi) is 20.4. The number of hydrogen-bond acceptors (Lipinski definition) is 5. The Labute approximate surface area is 207 Å². The zero-order valence-electron chi connectivity index (χ0n) is 22.0. The second-order valence-corrected chi connectivity index (χ2v) is 10.9. The van der Waals surface area contributed by atoms with Crippen LogP contribution < -0.4 is 5.32 Å². The van der Waals surface area contributed by atoms with E-state index in [9.17, 15) is 14.3 Å². The molecule has 0 aromatic carbocycles. The van der Waals surface area contributed by atoms with Gasteiger partial charge in [-0.05, 0) is 38.5 Å². The summed E-state index contributed by atoms with van der Waals surface area (Å²) in [5.41, 5.74) is 0. The molecule has 0 heterocycles. The number of allylic oxidation sites excluding steroid dienone is 4. The fraction of sp³-hybridized carbons (Fsp3) is 0.800. The van der Waals surface area contributed by atoms with Gasteiger partial charge in [-0.3, -0.25) is 9.05 Å². The molecule has 200 valence electrons. The molecule has 1 atom stereocenters. The lowest BCUT2D eigenvalue weighted by molar-refractivity contribution is -0.870. The molecule has 8 nitrogen and oxygen atoms in total. The third-order valence-corrected chi connectivity index (χ3v) is 6.00. The molecule has 34 heavy (non-hydrogen) atoms. The lowest BCUT2D eigenvalue weighted by atomic mass is 10.1. The Bertz CT molecular complexity index is 605. The Morgan fingerprint density at radius 1 is 0.853 bits per heavy atom. The summed E-state index contributed by atoms with van der Waals surface area (Å²) in [6.45, 7) is 3.14. The fourth-order valence-corrected chi connectivity index (χ4v) is 3.62. The van der Waals surface area contributed by atoms with Crippen LogP contribution in [0.1, 0.15) is 77.6 Å². The first-order valence-corrected chi connectivity index (χ1v) is 14.3. The summed E-state index contributed by atoms with van der Waals surface area (Å²) in [6.07, 6.45) is 21.2. The predicted octanol–water partition coefficient (Wildman–Crippen LogP) is 5.98. The molecule has 0 aromatic heterocycles. The molecule has 2 N–H and O–H groups in total. The number of nitrogens with zero attached hydrogens (tertiary/aromatic N) is 1. The second-order valence-electron chi connectivity index (χ2n) is 9.44. The lowest BCUT2D eigenvalue weighted by Gasteiger charge is -2.24. The Balaban J connectivity index is 3.49. The highest BCUT2D eigenvalue weighted by Crippen LogP contribution is 2.42. The van der Waals surface area contributed by atoms with Gasteiger partial charge in [-0.1, -0.05) is 63.3 Å². The number of rotatable bonds is 22. The predicted molar refractivity (Wildman–Crippen MR) is 139 cm³/mol. The highest BCUT2D eigenvalue weighted by molar-refractivity contribution is 7.47. The van der Waals surface area contributed by atoms with E-state index in [-0.39, 0.29) is 19.8 Å². The Morgan fingerprint density at radius 2 is 1.44 bits per heavy atom. The van der Waals surface area contributed by atoms with Gasteiger partial charge in [-0.15, -0.1) is 0 Å². The first-order valence-electron chi connectivity index (χ1n) is 12.8. The third kappa shape index (κ3) is 25.4. The lowest BCUT2D eigenvalue weighted by Crippen LogP contribution is -2.37. The van der Waals surface area contributed by atoms with E-state index < -0.39 is 13.9 Å². The van der Waals surface area contributed by atoms with Gasteiger partial charge in [0.05, 0.1) is 27.7 Å². The molecule has 0 aliphatic heterocycles. The molecular formula is C25H50N2O6P+. The zero-order valence-corrected chi connectivity index (χ0v) is 22.9. The maximum Gasteiger partial charge on any atom is 0.472 e. The summed E-state index contributed by atoms with van der Waals surface area (Å²) in [7, 11) is 1.74. The minimum atomic E-state index is -4.12. The molecule has 1 amide bonds. The molecule has 0 bridgehead atoms. The summed E-state index contributed by atoms with van der Waals surface area (Å²) >= 11 is 0. The molecule has 0 aliphatic rings. The first kappa shape index (κ1) is 32.8. The summed E-state index contributed by atoms with van der Waals surface area (Å²) < 4.78 is 27.0. The molecule has 0 radical (unpaired) electrons. The van der Waals surface area contributed by atoms with Crippen LogP contribution in [0.5, 0.6) is 0 Å². The molecule has 0 rings (SSSR count). The van der Waals surface area contributed by atoms with E-state index in [1.54, 1.807) is 0 Å². The number of carbonyl (C=O) groups is 1. The average molecular weight is 506 g/mol. The van der Waals surface area contributed by atoms with Crippen LogP contribution in [0.25, 0.3) is 0 Å². The first-order chi connectivity index (χ1) is 16.2. The van der Waals surface area contributed by atoms with Gasteiger partial charge < -0.3 is 19.4 Å². The van der Waals surface area contributed by atoms with E-state index in [0.717, 1.165) is 32.1 Å². The van der Waals surface area contributed by atoms with Crippen molar-refractivity contribution < 1.29 is 32.5 Å².